The van der Waals surface area contributed by atoms with Crippen molar-refractivity contribution in [3.63, 3.8) is 0 Å². The van der Waals surface area contributed by atoms with E-state index in [-0.39, 0.29) is 0 Å². The van der Waals surface area contributed by atoms with Gasteiger partial charge in [0, 0.05) is 11.3 Å². The Morgan fingerprint density at radius 3 is 2.86 bits per heavy atom. The van der Waals surface area contributed by atoms with Crippen LogP contribution in [-0.4, -0.2) is 27.2 Å². The smallest absolute Gasteiger partial charge is 0.170 e. The summed E-state index contributed by atoms with van der Waals surface area (Å²) in [6.45, 7) is 3.23. The molecule has 5 heteroatoms. The van der Waals surface area contributed by atoms with Crippen molar-refractivity contribution < 1.29 is 0 Å². The van der Waals surface area contributed by atoms with E-state index in [1.807, 2.05) is 11.8 Å². The van der Waals surface area contributed by atoms with Gasteiger partial charge in [-0.25, -0.2) is 4.98 Å². The molecular formula is C16H21N3S2. The average Bonchev–Trinajstić information content (AvgIpc) is 3.03. The lowest BCUT2D eigenvalue weighted by Crippen LogP contribution is -2.42. The van der Waals surface area contributed by atoms with Crippen molar-refractivity contribution in [2.45, 2.75) is 47.7 Å². The van der Waals surface area contributed by atoms with Crippen LogP contribution in [0.25, 0.3) is 0 Å². The summed E-state index contributed by atoms with van der Waals surface area (Å²) in [6.07, 6.45) is 5.39. The predicted molar refractivity (Wildman–Crippen MR) is 90.1 cm³/mol. The van der Waals surface area contributed by atoms with Gasteiger partial charge in [0.2, 0.25) is 0 Å². The number of nitrogens with zero attached hydrogens (tertiary/aromatic N) is 2. The molecule has 1 N–H and O–H groups in total. The van der Waals surface area contributed by atoms with Gasteiger partial charge in [0.25, 0.3) is 0 Å². The van der Waals surface area contributed by atoms with Crippen molar-refractivity contribution in [3.05, 3.63) is 42.2 Å². The Bertz CT molecular complexity index is 530. The molecule has 1 aliphatic carbocycles. The van der Waals surface area contributed by atoms with Gasteiger partial charge in [0.05, 0.1) is 0 Å². The Hall–Kier alpha value is -0.910. The summed E-state index contributed by atoms with van der Waals surface area (Å²) in [7, 11) is 0. The van der Waals surface area contributed by atoms with Crippen molar-refractivity contribution in [3.8, 4) is 0 Å². The van der Waals surface area contributed by atoms with E-state index < -0.39 is 0 Å². The van der Waals surface area contributed by atoms with Crippen molar-refractivity contribution in [2.24, 2.45) is 0 Å². The molecule has 3 unspecified atom stereocenters. The van der Waals surface area contributed by atoms with Gasteiger partial charge in [0.15, 0.2) is 4.34 Å². The Balaban J connectivity index is 1.72. The molecule has 1 fully saturated rings. The molecule has 1 heterocycles. The number of aromatic nitrogens is 2. The van der Waals surface area contributed by atoms with E-state index in [0.717, 1.165) is 10.9 Å². The summed E-state index contributed by atoms with van der Waals surface area (Å²) < 4.78 is 5.22. The number of hydrogen-bond donors (Lipinski definition) is 1. The molecule has 3 nitrogen and oxygen atoms in total. The van der Waals surface area contributed by atoms with Crippen LogP contribution >= 0.6 is 23.3 Å². The molecule has 0 amide bonds. The fourth-order valence-electron chi connectivity index (χ4n) is 3.13. The first kappa shape index (κ1) is 15.0. The third-order valence-electron chi connectivity index (χ3n) is 4.12. The number of hydrogen-bond acceptors (Lipinski definition) is 5. The molecular weight excluding hydrogens is 298 g/mol. The monoisotopic (exact) mass is 319 g/mol. The van der Waals surface area contributed by atoms with Crippen LogP contribution in [0, 0.1) is 0 Å². The lowest BCUT2D eigenvalue weighted by atomic mass is 9.81. The highest BCUT2D eigenvalue weighted by Gasteiger charge is 2.32. The average molecular weight is 319 g/mol. The second kappa shape index (κ2) is 7.38. The first-order chi connectivity index (χ1) is 10.4. The maximum atomic E-state index is 4.35. The minimum absolute atomic E-state index is 0.580. The highest BCUT2D eigenvalue weighted by Crippen LogP contribution is 2.40. The van der Waals surface area contributed by atoms with Crippen LogP contribution in [0.4, 0.5) is 0 Å². The van der Waals surface area contributed by atoms with Gasteiger partial charge >= 0.3 is 0 Å². The third-order valence-corrected chi connectivity index (χ3v) is 6.23. The Labute approximate surface area is 134 Å². The zero-order valence-corrected chi connectivity index (χ0v) is 13.9. The molecule has 0 bridgehead atoms. The topological polar surface area (TPSA) is 37.8 Å². The van der Waals surface area contributed by atoms with Gasteiger partial charge in [0.1, 0.15) is 6.33 Å². The van der Waals surface area contributed by atoms with Crippen molar-refractivity contribution in [2.75, 3.05) is 6.54 Å². The van der Waals surface area contributed by atoms with Crippen LogP contribution in [0.3, 0.4) is 0 Å². The normalized spacial score (nSPS) is 25.9. The maximum absolute atomic E-state index is 4.35. The number of rotatable bonds is 5. The highest BCUT2D eigenvalue weighted by molar-refractivity contribution is 8.01. The van der Waals surface area contributed by atoms with Crippen LogP contribution in [0.15, 0.2) is 41.0 Å². The largest absolute Gasteiger partial charge is 0.313 e. The SMILES string of the molecule is CCNC1CCC(c2ccccc2)CC1Sc1ncns1. The van der Waals surface area contributed by atoms with Crippen molar-refractivity contribution >= 4 is 23.3 Å². The summed E-state index contributed by atoms with van der Waals surface area (Å²) >= 11 is 3.41. The van der Waals surface area contributed by atoms with Gasteiger partial charge in [-0.05, 0) is 48.8 Å². The van der Waals surface area contributed by atoms with E-state index >= 15 is 0 Å². The molecule has 1 saturated carbocycles. The van der Waals surface area contributed by atoms with E-state index in [0.29, 0.717) is 17.2 Å². The van der Waals surface area contributed by atoms with Crippen LogP contribution in [0.5, 0.6) is 0 Å². The van der Waals surface area contributed by atoms with Gasteiger partial charge in [-0.15, -0.1) is 0 Å². The first-order valence-electron chi connectivity index (χ1n) is 7.58. The van der Waals surface area contributed by atoms with Crippen molar-refractivity contribution in [1.82, 2.24) is 14.7 Å². The molecule has 2 aromatic rings. The minimum atomic E-state index is 0.580. The molecule has 0 saturated heterocycles. The number of thioether (sulfide) groups is 1. The molecule has 1 aliphatic rings. The zero-order chi connectivity index (χ0) is 14.5. The number of benzene rings is 1. The molecule has 0 aliphatic heterocycles. The van der Waals surface area contributed by atoms with E-state index in [2.05, 4.69) is 51.9 Å². The predicted octanol–water partition coefficient (Wildman–Crippen LogP) is 3.94. The van der Waals surface area contributed by atoms with Crippen LogP contribution in [0.1, 0.15) is 37.7 Å². The Morgan fingerprint density at radius 1 is 1.29 bits per heavy atom. The van der Waals surface area contributed by atoms with E-state index in [1.165, 1.54) is 36.4 Å². The quantitative estimate of drug-likeness (QED) is 0.905. The second-order valence-electron chi connectivity index (χ2n) is 5.45. The summed E-state index contributed by atoms with van der Waals surface area (Å²) in [5, 5.41) is 4.24. The van der Waals surface area contributed by atoms with Crippen LogP contribution in [0.2, 0.25) is 0 Å². The summed E-state index contributed by atoms with van der Waals surface area (Å²) in [5.74, 6) is 0.673. The molecule has 0 radical (unpaired) electrons. The van der Waals surface area contributed by atoms with E-state index in [9.17, 15) is 0 Å². The van der Waals surface area contributed by atoms with Gasteiger partial charge in [-0.2, -0.15) is 4.37 Å². The fourth-order valence-corrected chi connectivity index (χ4v) is 5.17. The van der Waals surface area contributed by atoms with E-state index in [1.54, 1.807) is 6.33 Å². The second-order valence-corrected chi connectivity index (χ2v) is 7.71. The zero-order valence-electron chi connectivity index (χ0n) is 12.2. The minimum Gasteiger partial charge on any atom is -0.313 e. The van der Waals surface area contributed by atoms with Gasteiger partial charge < -0.3 is 5.32 Å². The fraction of sp³-hybridized carbons (Fsp3) is 0.500. The van der Waals surface area contributed by atoms with E-state index in [4.69, 9.17) is 0 Å². The lowest BCUT2D eigenvalue weighted by molar-refractivity contribution is 0.358. The molecule has 3 rings (SSSR count). The molecule has 1 aromatic carbocycles. The van der Waals surface area contributed by atoms with Gasteiger partial charge in [-0.1, -0.05) is 49.0 Å². The molecule has 3 atom stereocenters. The summed E-state index contributed by atoms with van der Waals surface area (Å²) in [5.41, 5.74) is 1.48. The number of nitrogens with one attached hydrogen (secondary N) is 1. The van der Waals surface area contributed by atoms with Crippen LogP contribution in [-0.2, 0) is 0 Å². The first-order valence-corrected chi connectivity index (χ1v) is 9.23. The Morgan fingerprint density at radius 2 is 2.14 bits per heavy atom. The van der Waals surface area contributed by atoms with Gasteiger partial charge in [-0.3, -0.25) is 0 Å². The van der Waals surface area contributed by atoms with Crippen LogP contribution < -0.4 is 5.32 Å². The standard InChI is InChI=1S/C16H21N3S2/c1-2-17-14-9-8-13(12-6-4-3-5-7-12)10-15(14)20-16-18-11-19-21-16/h3-7,11,13-15,17H,2,8-10H2,1H3. The van der Waals surface area contributed by atoms with Crippen molar-refractivity contribution in [1.29, 1.82) is 0 Å². The Kier molecular flexibility index (Phi) is 5.27. The molecule has 1 aromatic heterocycles. The summed E-state index contributed by atoms with van der Waals surface area (Å²) in [6, 6.07) is 11.5. The molecule has 0 spiro atoms. The molecule has 21 heavy (non-hydrogen) atoms. The lowest BCUT2D eigenvalue weighted by Gasteiger charge is -2.36. The molecule has 112 valence electrons. The third kappa shape index (κ3) is 3.84. The highest BCUT2D eigenvalue weighted by atomic mass is 32.2. The summed E-state index contributed by atoms with van der Waals surface area (Å²) in [4.78, 5) is 4.35. The maximum Gasteiger partial charge on any atom is 0.170 e.